The van der Waals surface area contributed by atoms with Gasteiger partial charge in [0, 0.05) is 34.6 Å². The lowest BCUT2D eigenvalue weighted by atomic mass is 10.1. The minimum absolute atomic E-state index is 0.172. The summed E-state index contributed by atoms with van der Waals surface area (Å²) in [6.07, 6.45) is 2.43. The first-order valence-corrected chi connectivity index (χ1v) is 10.8. The second-order valence-electron chi connectivity index (χ2n) is 6.63. The normalized spacial score (nSPS) is 11.0. The van der Waals surface area contributed by atoms with Crippen molar-refractivity contribution in [2.45, 2.75) is 19.9 Å². The molecule has 4 rings (SSSR count). The molecule has 0 atom stereocenters. The van der Waals surface area contributed by atoms with Gasteiger partial charge >= 0.3 is 0 Å². The molecule has 152 valence electrons. The summed E-state index contributed by atoms with van der Waals surface area (Å²) in [5.74, 6) is -0.306. The third-order valence-electron chi connectivity index (χ3n) is 4.60. The van der Waals surface area contributed by atoms with Gasteiger partial charge in [-0.2, -0.15) is 0 Å². The molecule has 0 saturated heterocycles. The van der Waals surface area contributed by atoms with Gasteiger partial charge < -0.3 is 4.98 Å². The van der Waals surface area contributed by atoms with Crippen LogP contribution in [-0.2, 0) is 13.0 Å². The van der Waals surface area contributed by atoms with Crippen molar-refractivity contribution in [2.75, 3.05) is 5.32 Å². The Morgan fingerprint density at radius 3 is 2.90 bits per heavy atom. The Morgan fingerprint density at radius 1 is 1.30 bits per heavy atom. The number of H-pyrrole nitrogens is 1. The van der Waals surface area contributed by atoms with Gasteiger partial charge in [0.1, 0.15) is 0 Å². The summed E-state index contributed by atoms with van der Waals surface area (Å²) in [5.41, 5.74) is 1.84. The van der Waals surface area contributed by atoms with Crippen LogP contribution >= 0.6 is 35.2 Å². The first kappa shape index (κ1) is 20.5. The molecule has 9 heteroatoms. The molecule has 0 bridgehead atoms. The van der Waals surface area contributed by atoms with Crippen LogP contribution in [0.25, 0.3) is 10.9 Å². The molecule has 2 heterocycles. The highest BCUT2D eigenvalue weighted by Gasteiger charge is 2.12. The van der Waals surface area contributed by atoms with Crippen LogP contribution in [0.5, 0.6) is 0 Å². The molecule has 2 aromatic carbocycles. The molecule has 2 N–H and O–H groups in total. The van der Waals surface area contributed by atoms with E-state index in [4.69, 9.17) is 23.8 Å². The van der Waals surface area contributed by atoms with Crippen molar-refractivity contribution in [3.05, 3.63) is 84.8 Å². The number of aromatic nitrogens is 3. The molecule has 4 aromatic rings. The number of carbonyl (C=O) groups excluding carboxylic acids is 1. The van der Waals surface area contributed by atoms with Crippen molar-refractivity contribution in [3.8, 4) is 0 Å². The highest BCUT2D eigenvalue weighted by molar-refractivity contribution is 7.71. The van der Waals surface area contributed by atoms with Crippen molar-refractivity contribution in [2.24, 2.45) is 0 Å². The predicted molar refractivity (Wildman–Crippen MR) is 123 cm³/mol. The van der Waals surface area contributed by atoms with Gasteiger partial charge in [0.05, 0.1) is 10.9 Å². The van der Waals surface area contributed by atoms with E-state index in [1.165, 1.54) is 15.9 Å². The predicted octanol–water partition coefficient (Wildman–Crippen LogP) is 5.03. The van der Waals surface area contributed by atoms with Crippen LogP contribution in [0, 0.1) is 4.77 Å². The van der Waals surface area contributed by atoms with Gasteiger partial charge in [-0.25, -0.2) is 4.98 Å². The Bertz CT molecular complexity index is 1370. The Labute approximate surface area is 186 Å². The number of hydrogen-bond acceptors (Lipinski definition) is 5. The maximum atomic E-state index is 12.7. The molecule has 2 aromatic heterocycles. The van der Waals surface area contributed by atoms with E-state index >= 15 is 0 Å². The minimum Gasteiger partial charge on any atom is -0.332 e. The van der Waals surface area contributed by atoms with E-state index in [1.54, 1.807) is 24.4 Å². The van der Waals surface area contributed by atoms with E-state index in [-0.39, 0.29) is 11.5 Å². The number of thiazole rings is 1. The molecule has 0 spiro atoms. The zero-order valence-electron chi connectivity index (χ0n) is 15.9. The topological polar surface area (TPSA) is 79.8 Å². The summed E-state index contributed by atoms with van der Waals surface area (Å²) < 4.78 is 1.81. The number of aromatic amines is 1. The van der Waals surface area contributed by atoms with Gasteiger partial charge in [0.25, 0.3) is 11.5 Å². The molecule has 0 aliphatic carbocycles. The van der Waals surface area contributed by atoms with Crippen LogP contribution in [0.1, 0.15) is 27.7 Å². The standard InChI is InChI=1S/C21H17ClN4O2S2/c1-2-26-19(28)16-7-6-13(10-17(16)24-21(26)29)18(27)25-20-23-11-15(30-20)9-12-4-3-5-14(22)8-12/h3-8,10-11H,2,9H2,1H3,(H,24,29)(H,23,25,27). The van der Waals surface area contributed by atoms with Crippen LogP contribution in [0.4, 0.5) is 5.13 Å². The number of halogens is 1. The lowest BCUT2D eigenvalue weighted by Gasteiger charge is -2.07. The van der Waals surface area contributed by atoms with Gasteiger partial charge in [-0.05, 0) is 55.0 Å². The van der Waals surface area contributed by atoms with Gasteiger partial charge in [-0.3, -0.25) is 19.5 Å². The first-order valence-electron chi connectivity index (χ1n) is 9.22. The SMILES string of the molecule is CCn1c(=S)[nH]c2cc(C(=O)Nc3ncc(Cc4cccc(Cl)c4)s3)ccc2c1=O. The maximum Gasteiger partial charge on any atom is 0.262 e. The van der Waals surface area contributed by atoms with Crippen LogP contribution in [0.2, 0.25) is 5.02 Å². The second kappa shape index (κ2) is 8.51. The molecular formula is C21H17ClN4O2S2. The average molecular weight is 457 g/mol. The highest BCUT2D eigenvalue weighted by Crippen LogP contribution is 2.23. The minimum atomic E-state index is -0.306. The smallest absolute Gasteiger partial charge is 0.262 e. The zero-order chi connectivity index (χ0) is 21.3. The summed E-state index contributed by atoms with van der Waals surface area (Å²) in [5, 5.41) is 4.49. The fraction of sp³-hybridized carbons (Fsp3) is 0.143. The van der Waals surface area contributed by atoms with E-state index in [9.17, 15) is 9.59 Å². The number of fused-ring (bicyclic) bond motifs is 1. The number of nitrogens with one attached hydrogen (secondary N) is 2. The summed E-state index contributed by atoms with van der Waals surface area (Å²) >= 11 is 12.7. The maximum absolute atomic E-state index is 12.7. The molecule has 0 aliphatic heterocycles. The van der Waals surface area contributed by atoms with Crippen LogP contribution in [0.15, 0.2) is 53.5 Å². The zero-order valence-corrected chi connectivity index (χ0v) is 18.3. The largest absolute Gasteiger partial charge is 0.332 e. The first-order chi connectivity index (χ1) is 14.4. The lowest BCUT2D eigenvalue weighted by Crippen LogP contribution is -2.21. The summed E-state index contributed by atoms with van der Waals surface area (Å²) in [6.45, 7) is 2.33. The van der Waals surface area contributed by atoms with Crippen molar-refractivity contribution in [3.63, 3.8) is 0 Å². The van der Waals surface area contributed by atoms with E-state index in [0.29, 0.717) is 44.4 Å². The van der Waals surface area contributed by atoms with Crippen molar-refractivity contribution >= 4 is 57.1 Å². The Kier molecular flexibility index (Phi) is 5.80. The van der Waals surface area contributed by atoms with Gasteiger partial charge in [0.2, 0.25) is 0 Å². The third-order valence-corrected chi connectivity index (χ3v) is 6.07. The summed E-state index contributed by atoms with van der Waals surface area (Å²) in [6, 6.07) is 12.5. The quantitative estimate of drug-likeness (QED) is 0.413. The van der Waals surface area contributed by atoms with E-state index in [0.717, 1.165) is 10.4 Å². The Hall–Kier alpha value is -2.81. The molecule has 0 fully saturated rings. The summed E-state index contributed by atoms with van der Waals surface area (Å²) in [7, 11) is 0. The molecule has 0 unspecified atom stereocenters. The van der Waals surface area contributed by atoms with Gasteiger partial charge in [0.15, 0.2) is 9.90 Å². The molecule has 0 radical (unpaired) electrons. The lowest BCUT2D eigenvalue weighted by molar-refractivity contribution is 0.102. The van der Waals surface area contributed by atoms with Gasteiger partial charge in [-0.15, -0.1) is 11.3 Å². The van der Waals surface area contributed by atoms with Crippen LogP contribution in [0.3, 0.4) is 0 Å². The van der Waals surface area contributed by atoms with E-state index in [2.05, 4.69) is 15.3 Å². The fourth-order valence-corrected chi connectivity index (χ4v) is 4.52. The van der Waals surface area contributed by atoms with Crippen LogP contribution < -0.4 is 10.9 Å². The number of hydrogen-bond donors (Lipinski definition) is 2. The number of rotatable bonds is 5. The molecule has 30 heavy (non-hydrogen) atoms. The Balaban J connectivity index is 1.54. The number of amides is 1. The van der Waals surface area contributed by atoms with Crippen molar-refractivity contribution < 1.29 is 4.79 Å². The van der Waals surface area contributed by atoms with E-state index < -0.39 is 0 Å². The fourth-order valence-electron chi connectivity index (χ4n) is 3.15. The van der Waals surface area contributed by atoms with Crippen molar-refractivity contribution in [1.82, 2.24) is 14.5 Å². The van der Waals surface area contributed by atoms with Crippen LogP contribution in [-0.4, -0.2) is 20.4 Å². The molecule has 6 nitrogen and oxygen atoms in total. The number of carbonyl (C=O) groups is 1. The molecule has 0 saturated carbocycles. The third kappa shape index (κ3) is 4.21. The van der Waals surface area contributed by atoms with E-state index in [1.807, 2.05) is 31.2 Å². The van der Waals surface area contributed by atoms with Gasteiger partial charge in [-0.1, -0.05) is 23.7 Å². The number of nitrogens with zero attached hydrogens (tertiary/aromatic N) is 2. The highest BCUT2D eigenvalue weighted by atomic mass is 35.5. The molecule has 1 amide bonds. The number of anilines is 1. The summed E-state index contributed by atoms with van der Waals surface area (Å²) in [4.78, 5) is 33.5. The second-order valence-corrected chi connectivity index (χ2v) is 8.57. The van der Waals surface area contributed by atoms with Crippen molar-refractivity contribution in [1.29, 1.82) is 0 Å². The Morgan fingerprint density at radius 2 is 2.13 bits per heavy atom. The number of benzene rings is 2. The monoisotopic (exact) mass is 456 g/mol. The molecule has 0 aliphatic rings. The average Bonchev–Trinajstić information content (AvgIpc) is 3.14. The molecular weight excluding hydrogens is 440 g/mol.